The van der Waals surface area contributed by atoms with Crippen LogP contribution in [-0.2, 0) is 0 Å². The molecule has 1 heterocycles. The first-order valence-corrected chi connectivity index (χ1v) is 7.40. The normalized spacial score (nSPS) is 20.2. The van der Waals surface area contributed by atoms with E-state index in [4.69, 9.17) is 18.0 Å². The van der Waals surface area contributed by atoms with Gasteiger partial charge >= 0.3 is 0 Å². The highest BCUT2D eigenvalue weighted by atomic mass is 32.1. The predicted molar refractivity (Wildman–Crippen MR) is 85.8 cm³/mol. The quantitative estimate of drug-likeness (QED) is 0.830. The van der Waals surface area contributed by atoms with Crippen LogP contribution in [0.2, 0.25) is 0 Å². The Hall–Kier alpha value is -1.13. The molecule has 1 aliphatic heterocycles. The van der Waals surface area contributed by atoms with Crippen LogP contribution in [0.15, 0.2) is 18.2 Å². The minimum atomic E-state index is 0.471. The number of rotatable bonds is 4. The van der Waals surface area contributed by atoms with Crippen molar-refractivity contribution >= 4 is 22.9 Å². The lowest BCUT2D eigenvalue weighted by Gasteiger charge is -2.33. The zero-order valence-corrected chi connectivity index (χ0v) is 12.6. The Bertz CT molecular complexity index is 459. The minimum Gasteiger partial charge on any atom is -0.389 e. The molecular formula is C15H23N3S. The second-order valence-corrected chi connectivity index (χ2v) is 5.71. The topological polar surface area (TPSA) is 41.3 Å². The molecule has 1 fully saturated rings. The number of likely N-dealkylation sites (tertiary alicyclic amines) is 1. The van der Waals surface area contributed by atoms with E-state index in [0.717, 1.165) is 24.2 Å². The van der Waals surface area contributed by atoms with Crippen molar-refractivity contribution in [2.24, 2.45) is 5.73 Å². The lowest BCUT2D eigenvalue weighted by Crippen LogP contribution is -2.41. The molecule has 1 saturated heterocycles. The summed E-state index contributed by atoms with van der Waals surface area (Å²) in [6.45, 7) is 7.78. The lowest BCUT2D eigenvalue weighted by atomic mass is 10.0. The summed E-state index contributed by atoms with van der Waals surface area (Å²) in [5.74, 6) is 0. The number of benzene rings is 1. The summed E-state index contributed by atoms with van der Waals surface area (Å²) < 4.78 is 0. The van der Waals surface area contributed by atoms with Gasteiger partial charge in [0.05, 0.1) is 0 Å². The summed E-state index contributed by atoms with van der Waals surface area (Å²) >= 11 is 5.04. The van der Waals surface area contributed by atoms with Gasteiger partial charge in [0.25, 0.3) is 0 Å². The number of aryl methyl sites for hydroxylation is 1. The van der Waals surface area contributed by atoms with Gasteiger partial charge in [0, 0.05) is 23.8 Å². The van der Waals surface area contributed by atoms with Crippen LogP contribution < -0.4 is 11.1 Å². The van der Waals surface area contributed by atoms with E-state index in [1.165, 1.54) is 25.1 Å². The average molecular weight is 277 g/mol. The summed E-state index contributed by atoms with van der Waals surface area (Å²) in [5.41, 5.74) is 8.97. The highest BCUT2D eigenvalue weighted by Gasteiger charge is 2.18. The molecule has 3 nitrogen and oxygen atoms in total. The molecule has 0 amide bonds. The van der Waals surface area contributed by atoms with E-state index in [9.17, 15) is 0 Å². The minimum absolute atomic E-state index is 0.471. The number of likely N-dealkylation sites (N-methyl/N-ethyl adjacent to an activating group) is 1. The first-order valence-electron chi connectivity index (χ1n) is 6.99. The maximum atomic E-state index is 5.69. The zero-order chi connectivity index (χ0) is 13.8. The fraction of sp³-hybridized carbons (Fsp3) is 0.533. The van der Waals surface area contributed by atoms with Crippen LogP contribution in [0.25, 0.3) is 0 Å². The standard InChI is InChI=1S/C15H23N3S/c1-3-18-8-4-5-13(10-18)17-12-6-7-14(15(16)19)11(2)9-12/h6-7,9,13,17H,3-5,8,10H2,1-2H3,(H2,16,19). The number of nitrogens with two attached hydrogens (primary N) is 1. The van der Waals surface area contributed by atoms with Crippen molar-refractivity contribution in [1.82, 2.24) is 4.90 Å². The van der Waals surface area contributed by atoms with E-state index in [2.05, 4.69) is 36.2 Å². The molecule has 19 heavy (non-hydrogen) atoms. The van der Waals surface area contributed by atoms with Gasteiger partial charge in [0.2, 0.25) is 0 Å². The molecule has 1 aliphatic rings. The molecule has 104 valence electrons. The van der Waals surface area contributed by atoms with Gasteiger partial charge in [0.1, 0.15) is 4.99 Å². The predicted octanol–water partition coefficient (Wildman–Crippen LogP) is 2.53. The molecule has 3 N–H and O–H groups in total. The van der Waals surface area contributed by atoms with Crippen molar-refractivity contribution in [3.63, 3.8) is 0 Å². The summed E-state index contributed by atoms with van der Waals surface area (Å²) in [7, 11) is 0. The van der Waals surface area contributed by atoms with Crippen LogP contribution in [0, 0.1) is 6.92 Å². The third-order valence-corrected chi connectivity index (χ3v) is 4.04. The summed E-state index contributed by atoms with van der Waals surface area (Å²) in [6.07, 6.45) is 2.52. The lowest BCUT2D eigenvalue weighted by molar-refractivity contribution is 0.227. The highest BCUT2D eigenvalue weighted by molar-refractivity contribution is 7.80. The Morgan fingerprint density at radius 1 is 1.53 bits per heavy atom. The third-order valence-electron chi connectivity index (χ3n) is 3.82. The van der Waals surface area contributed by atoms with Gasteiger partial charge in [-0.1, -0.05) is 19.1 Å². The average Bonchev–Trinajstić information content (AvgIpc) is 2.38. The van der Waals surface area contributed by atoms with Crippen molar-refractivity contribution in [2.75, 3.05) is 25.0 Å². The summed E-state index contributed by atoms with van der Waals surface area (Å²) in [4.78, 5) is 2.97. The van der Waals surface area contributed by atoms with Gasteiger partial charge in [0.15, 0.2) is 0 Å². The van der Waals surface area contributed by atoms with E-state index < -0.39 is 0 Å². The van der Waals surface area contributed by atoms with E-state index >= 15 is 0 Å². The number of anilines is 1. The van der Waals surface area contributed by atoms with Crippen LogP contribution >= 0.6 is 12.2 Å². The molecule has 0 saturated carbocycles. The van der Waals surface area contributed by atoms with Crippen LogP contribution in [-0.4, -0.2) is 35.6 Å². The Labute approximate surface area is 121 Å². The number of hydrogen-bond donors (Lipinski definition) is 2. The second-order valence-electron chi connectivity index (χ2n) is 5.27. The zero-order valence-electron chi connectivity index (χ0n) is 11.8. The molecule has 0 bridgehead atoms. The number of hydrogen-bond acceptors (Lipinski definition) is 3. The molecule has 0 aliphatic carbocycles. The SMILES string of the molecule is CCN1CCCC(Nc2ccc(C(N)=S)c(C)c2)C1. The van der Waals surface area contributed by atoms with Crippen molar-refractivity contribution in [3.05, 3.63) is 29.3 Å². The monoisotopic (exact) mass is 277 g/mol. The van der Waals surface area contributed by atoms with Gasteiger partial charge in [-0.25, -0.2) is 0 Å². The number of thiocarbonyl (C=S) groups is 1. The maximum absolute atomic E-state index is 5.69. The molecule has 1 unspecified atom stereocenters. The van der Waals surface area contributed by atoms with Gasteiger partial charge in [-0.15, -0.1) is 0 Å². The molecule has 2 rings (SSSR count). The maximum Gasteiger partial charge on any atom is 0.104 e. The van der Waals surface area contributed by atoms with Crippen LogP contribution in [0.3, 0.4) is 0 Å². The smallest absolute Gasteiger partial charge is 0.104 e. The van der Waals surface area contributed by atoms with E-state index in [1.807, 2.05) is 6.07 Å². The van der Waals surface area contributed by atoms with Crippen molar-refractivity contribution in [3.8, 4) is 0 Å². The molecule has 4 heteroatoms. The van der Waals surface area contributed by atoms with E-state index in [0.29, 0.717) is 11.0 Å². The Balaban J connectivity index is 2.03. The first kappa shape index (κ1) is 14.3. The Morgan fingerprint density at radius 3 is 2.95 bits per heavy atom. The first-order chi connectivity index (χ1) is 9.10. The Kier molecular flexibility index (Phi) is 4.77. The van der Waals surface area contributed by atoms with Crippen molar-refractivity contribution in [1.29, 1.82) is 0 Å². The van der Waals surface area contributed by atoms with Crippen molar-refractivity contribution < 1.29 is 0 Å². The Morgan fingerprint density at radius 2 is 2.32 bits per heavy atom. The summed E-state index contributed by atoms with van der Waals surface area (Å²) in [5, 5.41) is 3.63. The molecule has 1 aromatic rings. The van der Waals surface area contributed by atoms with E-state index in [1.54, 1.807) is 0 Å². The number of piperidine rings is 1. The molecule has 1 atom stereocenters. The van der Waals surface area contributed by atoms with Gasteiger partial charge in [-0.3, -0.25) is 0 Å². The number of nitrogens with zero attached hydrogens (tertiary/aromatic N) is 1. The fourth-order valence-corrected chi connectivity index (χ4v) is 2.96. The summed E-state index contributed by atoms with van der Waals surface area (Å²) in [6, 6.07) is 6.77. The van der Waals surface area contributed by atoms with Gasteiger partial charge in [-0.2, -0.15) is 0 Å². The third kappa shape index (κ3) is 3.67. The van der Waals surface area contributed by atoms with Crippen LogP contribution in [0.4, 0.5) is 5.69 Å². The molecular weight excluding hydrogens is 254 g/mol. The van der Waals surface area contributed by atoms with E-state index in [-0.39, 0.29) is 0 Å². The second kappa shape index (κ2) is 6.35. The number of nitrogens with one attached hydrogen (secondary N) is 1. The fourth-order valence-electron chi connectivity index (χ4n) is 2.73. The molecule has 0 aromatic heterocycles. The van der Waals surface area contributed by atoms with Gasteiger partial charge < -0.3 is 16.0 Å². The van der Waals surface area contributed by atoms with Crippen molar-refractivity contribution in [2.45, 2.75) is 32.7 Å². The van der Waals surface area contributed by atoms with Crippen LogP contribution in [0.1, 0.15) is 30.9 Å². The van der Waals surface area contributed by atoms with Gasteiger partial charge in [-0.05, 0) is 56.6 Å². The highest BCUT2D eigenvalue weighted by Crippen LogP contribution is 2.19. The molecule has 0 spiro atoms. The molecule has 1 aromatic carbocycles. The molecule has 0 radical (unpaired) electrons. The largest absolute Gasteiger partial charge is 0.389 e. The van der Waals surface area contributed by atoms with Crippen LogP contribution in [0.5, 0.6) is 0 Å².